The molecule has 2 atom stereocenters. The SMILES string of the molecule is COC(=O)C1CC(Oc2ccccc2F)CN1C(=O)Nc1cccc(C)c1. The molecule has 1 aliphatic rings. The van der Waals surface area contributed by atoms with Crippen LogP contribution < -0.4 is 10.1 Å². The first-order valence-electron chi connectivity index (χ1n) is 8.61. The molecule has 2 unspecified atom stereocenters. The number of likely N-dealkylation sites (tertiary alicyclic amines) is 1. The van der Waals surface area contributed by atoms with Gasteiger partial charge in [0.05, 0.1) is 13.7 Å². The third-order valence-electron chi connectivity index (χ3n) is 4.40. The van der Waals surface area contributed by atoms with Gasteiger partial charge in [0.1, 0.15) is 12.1 Å². The van der Waals surface area contributed by atoms with Gasteiger partial charge in [0.15, 0.2) is 11.6 Å². The fourth-order valence-corrected chi connectivity index (χ4v) is 3.10. The number of benzene rings is 2. The topological polar surface area (TPSA) is 67.9 Å². The van der Waals surface area contributed by atoms with Crippen molar-refractivity contribution in [1.82, 2.24) is 4.90 Å². The number of amides is 2. The Morgan fingerprint density at radius 1 is 1.19 bits per heavy atom. The van der Waals surface area contributed by atoms with Crippen LogP contribution in [0.15, 0.2) is 48.5 Å². The van der Waals surface area contributed by atoms with E-state index in [1.54, 1.807) is 18.2 Å². The Balaban J connectivity index is 1.74. The first-order chi connectivity index (χ1) is 13.0. The van der Waals surface area contributed by atoms with E-state index in [-0.39, 0.29) is 18.7 Å². The molecule has 2 amide bonds. The number of halogens is 1. The number of carbonyl (C=O) groups excluding carboxylic acids is 2. The molecule has 0 bridgehead atoms. The lowest BCUT2D eigenvalue weighted by molar-refractivity contribution is -0.144. The number of methoxy groups -OCH3 is 1. The van der Waals surface area contributed by atoms with Crippen molar-refractivity contribution >= 4 is 17.7 Å². The normalized spacial score (nSPS) is 18.9. The second-order valence-electron chi connectivity index (χ2n) is 6.40. The monoisotopic (exact) mass is 372 g/mol. The maximum absolute atomic E-state index is 13.8. The number of ether oxygens (including phenoxy) is 2. The summed E-state index contributed by atoms with van der Waals surface area (Å²) < 4.78 is 24.3. The summed E-state index contributed by atoms with van der Waals surface area (Å²) in [6.45, 7) is 2.06. The third-order valence-corrected chi connectivity index (χ3v) is 4.40. The average molecular weight is 372 g/mol. The first kappa shape index (κ1) is 18.7. The van der Waals surface area contributed by atoms with Crippen LogP contribution >= 0.6 is 0 Å². The van der Waals surface area contributed by atoms with Gasteiger partial charge in [0, 0.05) is 12.1 Å². The molecule has 0 spiro atoms. The molecule has 0 aliphatic carbocycles. The van der Waals surface area contributed by atoms with Crippen molar-refractivity contribution in [3.63, 3.8) is 0 Å². The number of nitrogens with zero attached hydrogens (tertiary/aromatic N) is 1. The largest absolute Gasteiger partial charge is 0.485 e. The van der Waals surface area contributed by atoms with Crippen LogP contribution in [0.1, 0.15) is 12.0 Å². The van der Waals surface area contributed by atoms with Gasteiger partial charge in [-0.05, 0) is 36.8 Å². The Morgan fingerprint density at radius 3 is 2.67 bits per heavy atom. The Kier molecular flexibility index (Phi) is 5.59. The van der Waals surface area contributed by atoms with Crippen LogP contribution in [-0.4, -0.2) is 42.7 Å². The Labute approximate surface area is 156 Å². The van der Waals surface area contributed by atoms with E-state index in [4.69, 9.17) is 9.47 Å². The second-order valence-corrected chi connectivity index (χ2v) is 6.40. The molecule has 2 aromatic rings. The van der Waals surface area contributed by atoms with E-state index in [1.165, 1.54) is 24.1 Å². The highest BCUT2D eigenvalue weighted by Crippen LogP contribution is 2.26. The fraction of sp³-hybridized carbons (Fsp3) is 0.300. The zero-order valence-electron chi connectivity index (χ0n) is 15.1. The minimum Gasteiger partial charge on any atom is -0.485 e. The summed E-state index contributed by atoms with van der Waals surface area (Å²) in [4.78, 5) is 26.2. The highest BCUT2D eigenvalue weighted by atomic mass is 19.1. The van der Waals surface area contributed by atoms with Crippen molar-refractivity contribution in [2.75, 3.05) is 19.0 Å². The smallest absolute Gasteiger partial charge is 0.328 e. The van der Waals surface area contributed by atoms with Gasteiger partial charge in [0.2, 0.25) is 0 Å². The minimum absolute atomic E-state index is 0.0899. The average Bonchev–Trinajstić information content (AvgIpc) is 3.07. The number of carbonyl (C=O) groups is 2. The molecule has 2 aromatic carbocycles. The van der Waals surface area contributed by atoms with E-state index in [0.29, 0.717) is 5.69 Å². The van der Waals surface area contributed by atoms with Crippen LogP contribution in [0.4, 0.5) is 14.9 Å². The first-order valence-corrected chi connectivity index (χ1v) is 8.61. The molecule has 1 heterocycles. The Bertz CT molecular complexity index is 842. The number of anilines is 1. The van der Waals surface area contributed by atoms with Gasteiger partial charge < -0.3 is 19.7 Å². The number of nitrogens with one attached hydrogen (secondary N) is 1. The molecule has 1 fully saturated rings. The van der Waals surface area contributed by atoms with Crippen molar-refractivity contribution in [2.24, 2.45) is 0 Å². The van der Waals surface area contributed by atoms with Crippen molar-refractivity contribution in [1.29, 1.82) is 0 Å². The number of urea groups is 1. The van der Waals surface area contributed by atoms with Crippen LogP contribution in [0.5, 0.6) is 5.75 Å². The summed E-state index contributed by atoms with van der Waals surface area (Å²) in [5.41, 5.74) is 1.63. The van der Waals surface area contributed by atoms with E-state index in [2.05, 4.69) is 5.32 Å². The summed E-state index contributed by atoms with van der Waals surface area (Å²) in [5, 5.41) is 2.78. The lowest BCUT2D eigenvalue weighted by Crippen LogP contribution is -2.43. The zero-order chi connectivity index (χ0) is 19.4. The van der Waals surface area contributed by atoms with Crippen molar-refractivity contribution in [3.8, 4) is 5.75 Å². The molecule has 0 saturated carbocycles. The summed E-state index contributed by atoms with van der Waals surface area (Å²) in [6, 6.07) is 12.1. The van der Waals surface area contributed by atoms with Gasteiger partial charge in [0.25, 0.3) is 0 Å². The molecule has 0 radical (unpaired) electrons. The number of aryl methyl sites for hydroxylation is 1. The maximum Gasteiger partial charge on any atom is 0.328 e. The number of esters is 1. The molecular formula is C20H21FN2O4. The number of rotatable bonds is 4. The van der Waals surface area contributed by atoms with Gasteiger partial charge in [-0.2, -0.15) is 0 Å². The standard InChI is InChI=1S/C20H21FN2O4/c1-13-6-5-7-14(10-13)22-20(25)23-12-15(11-17(23)19(24)26-2)27-18-9-4-3-8-16(18)21/h3-10,15,17H,11-12H2,1-2H3,(H,22,25). The Hall–Kier alpha value is -3.09. The highest BCUT2D eigenvalue weighted by Gasteiger charge is 2.41. The summed E-state index contributed by atoms with van der Waals surface area (Å²) in [7, 11) is 1.27. The predicted molar refractivity (Wildman–Crippen MR) is 98.1 cm³/mol. The lowest BCUT2D eigenvalue weighted by Gasteiger charge is -2.22. The molecule has 3 rings (SSSR count). The second kappa shape index (κ2) is 8.07. The van der Waals surface area contributed by atoms with Gasteiger partial charge in [-0.15, -0.1) is 0 Å². The van der Waals surface area contributed by atoms with Gasteiger partial charge >= 0.3 is 12.0 Å². The fourth-order valence-electron chi connectivity index (χ4n) is 3.10. The minimum atomic E-state index is -0.795. The number of para-hydroxylation sites is 1. The van der Waals surface area contributed by atoms with E-state index in [0.717, 1.165) is 5.56 Å². The van der Waals surface area contributed by atoms with E-state index in [1.807, 2.05) is 25.1 Å². The van der Waals surface area contributed by atoms with E-state index < -0.39 is 30.0 Å². The van der Waals surface area contributed by atoms with Crippen LogP contribution in [0.3, 0.4) is 0 Å². The molecule has 27 heavy (non-hydrogen) atoms. The van der Waals surface area contributed by atoms with E-state index in [9.17, 15) is 14.0 Å². The molecule has 7 heteroatoms. The van der Waals surface area contributed by atoms with Crippen LogP contribution in [-0.2, 0) is 9.53 Å². The van der Waals surface area contributed by atoms with Crippen molar-refractivity contribution in [3.05, 3.63) is 59.9 Å². The Morgan fingerprint density at radius 2 is 1.96 bits per heavy atom. The predicted octanol–water partition coefficient (Wildman–Crippen LogP) is 3.36. The van der Waals surface area contributed by atoms with Crippen LogP contribution in [0.25, 0.3) is 0 Å². The summed E-state index contributed by atoms with van der Waals surface area (Å²) >= 11 is 0. The quantitative estimate of drug-likeness (QED) is 0.836. The molecular weight excluding hydrogens is 351 g/mol. The highest BCUT2D eigenvalue weighted by molar-refractivity contribution is 5.93. The molecule has 142 valence electrons. The van der Waals surface area contributed by atoms with Gasteiger partial charge in [-0.25, -0.2) is 14.0 Å². The molecule has 0 aromatic heterocycles. The van der Waals surface area contributed by atoms with Crippen molar-refractivity contribution < 1.29 is 23.5 Å². The van der Waals surface area contributed by atoms with E-state index >= 15 is 0 Å². The van der Waals surface area contributed by atoms with Gasteiger partial charge in [-0.1, -0.05) is 24.3 Å². The van der Waals surface area contributed by atoms with Crippen molar-refractivity contribution in [2.45, 2.75) is 25.5 Å². The summed E-state index contributed by atoms with van der Waals surface area (Å²) in [6.07, 6.45) is -0.295. The molecule has 1 aliphatic heterocycles. The number of hydrogen-bond donors (Lipinski definition) is 1. The lowest BCUT2D eigenvalue weighted by atomic mass is 10.2. The van der Waals surface area contributed by atoms with Crippen LogP contribution in [0.2, 0.25) is 0 Å². The number of hydrogen-bond acceptors (Lipinski definition) is 4. The molecule has 1 N–H and O–H groups in total. The van der Waals surface area contributed by atoms with Crippen LogP contribution in [0, 0.1) is 12.7 Å². The summed E-state index contributed by atoms with van der Waals surface area (Å²) in [5.74, 6) is -0.934. The third kappa shape index (κ3) is 4.36. The van der Waals surface area contributed by atoms with Gasteiger partial charge in [-0.3, -0.25) is 0 Å². The zero-order valence-corrected chi connectivity index (χ0v) is 15.1. The molecule has 1 saturated heterocycles. The maximum atomic E-state index is 13.8. The molecule has 6 nitrogen and oxygen atoms in total.